The highest BCUT2D eigenvalue weighted by molar-refractivity contribution is 6.35. The van der Waals surface area contributed by atoms with E-state index < -0.39 is 6.04 Å². The zero-order valence-electron chi connectivity index (χ0n) is 17.5. The van der Waals surface area contributed by atoms with Crippen molar-refractivity contribution in [3.63, 3.8) is 0 Å². The van der Waals surface area contributed by atoms with Gasteiger partial charge in [-0.3, -0.25) is 9.89 Å². The van der Waals surface area contributed by atoms with Crippen LogP contribution in [0.25, 0.3) is 16.7 Å². The van der Waals surface area contributed by atoms with Gasteiger partial charge in [-0.25, -0.2) is 9.55 Å². The first-order valence-electron chi connectivity index (χ1n) is 10.2. The van der Waals surface area contributed by atoms with Crippen LogP contribution in [-0.2, 0) is 0 Å². The van der Waals surface area contributed by atoms with Crippen molar-refractivity contribution in [2.75, 3.05) is 16.8 Å². The van der Waals surface area contributed by atoms with Crippen LogP contribution < -0.4 is 22.3 Å². The summed E-state index contributed by atoms with van der Waals surface area (Å²) < 4.78 is 1.48. The van der Waals surface area contributed by atoms with Gasteiger partial charge in [0.1, 0.15) is 29.1 Å². The summed E-state index contributed by atoms with van der Waals surface area (Å²) in [7, 11) is 0. The molecule has 12 heteroatoms. The molecule has 5 rings (SSSR count). The molecule has 0 spiro atoms. The molecule has 166 valence electrons. The van der Waals surface area contributed by atoms with Gasteiger partial charge < -0.3 is 16.8 Å². The van der Waals surface area contributed by atoms with E-state index in [1.165, 1.54) is 4.57 Å². The van der Waals surface area contributed by atoms with Crippen LogP contribution in [-0.4, -0.2) is 29.7 Å². The molecule has 0 aliphatic heterocycles. The lowest BCUT2D eigenvalue weighted by atomic mass is 10.1. The number of anilines is 3. The number of aromatic amines is 1. The molecule has 1 atom stereocenters. The molecule has 33 heavy (non-hydrogen) atoms. The molecule has 0 unspecified atom stereocenters. The molecule has 3 aromatic heterocycles. The maximum Gasteiger partial charge on any atom is 0.268 e. The Labute approximate surface area is 192 Å². The molecule has 6 N–H and O–H groups in total. The second kappa shape index (κ2) is 7.75. The molecule has 1 saturated carbocycles. The summed E-state index contributed by atoms with van der Waals surface area (Å²) in [6.07, 6.45) is 3.43. The number of nitrogens with one attached hydrogen (secondary N) is 2. The summed E-state index contributed by atoms with van der Waals surface area (Å²) in [6, 6.07) is 6.68. The maximum atomic E-state index is 13.7. The lowest BCUT2D eigenvalue weighted by molar-refractivity contribution is 0.604. The number of nitriles is 1. The van der Waals surface area contributed by atoms with E-state index >= 15 is 0 Å². The second-order valence-electron chi connectivity index (χ2n) is 7.91. The Kier molecular flexibility index (Phi) is 4.87. The van der Waals surface area contributed by atoms with Gasteiger partial charge in [-0.1, -0.05) is 17.7 Å². The first-order chi connectivity index (χ1) is 15.9. The van der Waals surface area contributed by atoms with Crippen LogP contribution in [0.2, 0.25) is 5.02 Å². The molecule has 0 saturated heterocycles. The van der Waals surface area contributed by atoms with Crippen molar-refractivity contribution in [3.05, 3.63) is 56.7 Å². The maximum absolute atomic E-state index is 13.7. The van der Waals surface area contributed by atoms with Crippen LogP contribution in [0.5, 0.6) is 0 Å². The van der Waals surface area contributed by atoms with E-state index in [-0.39, 0.29) is 34.6 Å². The average Bonchev–Trinajstić information content (AvgIpc) is 3.52. The van der Waals surface area contributed by atoms with Gasteiger partial charge >= 0.3 is 0 Å². The van der Waals surface area contributed by atoms with Gasteiger partial charge in [0.05, 0.1) is 28.2 Å². The van der Waals surface area contributed by atoms with Crippen LogP contribution in [0.15, 0.2) is 29.2 Å². The minimum atomic E-state index is -0.468. The Balaban J connectivity index is 1.77. The molecule has 0 radical (unpaired) electrons. The van der Waals surface area contributed by atoms with Crippen molar-refractivity contribution < 1.29 is 0 Å². The number of nitrogens with zero attached hydrogens (tertiary/aromatic N) is 6. The molecule has 0 amide bonds. The fourth-order valence-corrected chi connectivity index (χ4v) is 4.13. The average molecular weight is 463 g/mol. The van der Waals surface area contributed by atoms with E-state index in [1.54, 1.807) is 24.4 Å². The van der Waals surface area contributed by atoms with Crippen molar-refractivity contribution in [1.29, 1.82) is 5.26 Å². The Morgan fingerprint density at radius 1 is 1.30 bits per heavy atom. The summed E-state index contributed by atoms with van der Waals surface area (Å²) >= 11 is 6.37. The van der Waals surface area contributed by atoms with Crippen LogP contribution in [0.3, 0.4) is 0 Å². The third-order valence-electron chi connectivity index (χ3n) is 5.63. The number of benzene rings is 1. The van der Waals surface area contributed by atoms with Gasteiger partial charge in [-0.2, -0.15) is 20.3 Å². The van der Waals surface area contributed by atoms with Crippen LogP contribution in [0.1, 0.15) is 35.8 Å². The van der Waals surface area contributed by atoms with Crippen LogP contribution >= 0.6 is 11.6 Å². The van der Waals surface area contributed by atoms with E-state index in [2.05, 4.69) is 25.5 Å². The summed E-state index contributed by atoms with van der Waals surface area (Å²) in [4.78, 5) is 26.6. The SMILES string of the molecule is Cc1cn[nH]c1-n1c([C@@H](Nc2nc(N)nc(N)c2C#N)C2CC2)nc2cccc(Cl)c2c1=O. The van der Waals surface area contributed by atoms with Gasteiger partial charge in [0, 0.05) is 5.56 Å². The van der Waals surface area contributed by atoms with E-state index in [9.17, 15) is 10.1 Å². The first kappa shape index (κ1) is 20.7. The number of hydrogen-bond donors (Lipinski definition) is 4. The number of nitrogen functional groups attached to an aromatic ring is 2. The third-order valence-corrected chi connectivity index (χ3v) is 5.94. The van der Waals surface area contributed by atoms with Crippen molar-refractivity contribution in [1.82, 2.24) is 29.7 Å². The highest BCUT2D eigenvalue weighted by Gasteiger charge is 2.37. The van der Waals surface area contributed by atoms with Crippen molar-refractivity contribution in [3.8, 4) is 11.9 Å². The normalized spacial score (nSPS) is 14.2. The van der Waals surface area contributed by atoms with E-state index in [4.69, 9.17) is 28.1 Å². The summed E-state index contributed by atoms with van der Waals surface area (Å²) in [5.41, 5.74) is 12.6. The molecule has 1 aromatic carbocycles. The highest BCUT2D eigenvalue weighted by atomic mass is 35.5. The van der Waals surface area contributed by atoms with Gasteiger partial charge in [0.25, 0.3) is 5.56 Å². The summed E-state index contributed by atoms with van der Waals surface area (Å²) in [5, 5.41) is 20.4. The molecule has 1 fully saturated rings. The molecular formula is C21H19ClN10O. The lowest BCUT2D eigenvalue weighted by Gasteiger charge is -2.23. The topological polar surface area (TPSA) is 177 Å². The number of aromatic nitrogens is 6. The van der Waals surface area contributed by atoms with Gasteiger partial charge in [0.15, 0.2) is 5.82 Å². The standard InChI is InChI=1S/C21H19ClN10O/c1-9-8-26-31-18(9)32-19(27-13-4-2-3-12(22)14(13)20(32)33)15(10-5-6-10)28-17-11(7-23)16(24)29-21(25)30-17/h2-4,8,10,15H,5-6H2,1H3,(H,26,31)(H5,24,25,28,29,30)/t15-/m0/s1. The number of rotatable bonds is 5. The fourth-order valence-electron chi connectivity index (χ4n) is 3.88. The van der Waals surface area contributed by atoms with E-state index in [0.29, 0.717) is 27.6 Å². The quantitative estimate of drug-likeness (QED) is 0.346. The number of fused-ring (bicyclic) bond motifs is 1. The number of nitrogens with two attached hydrogens (primary N) is 2. The number of halogens is 1. The Morgan fingerprint density at radius 2 is 2.09 bits per heavy atom. The first-order valence-corrected chi connectivity index (χ1v) is 10.6. The molecule has 1 aliphatic carbocycles. The Hall–Kier alpha value is -4.17. The smallest absolute Gasteiger partial charge is 0.268 e. The van der Waals surface area contributed by atoms with Gasteiger partial charge in [-0.15, -0.1) is 0 Å². The Bertz CT molecular complexity index is 1500. The van der Waals surface area contributed by atoms with Gasteiger partial charge in [-0.05, 0) is 37.8 Å². The third kappa shape index (κ3) is 3.50. The highest BCUT2D eigenvalue weighted by Crippen LogP contribution is 2.43. The van der Waals surface area contributed by atoms with Crippen LogP contribution in [0.4, 0.5) is 17.6 Å². The lowest BCUT2D eigenvalue weighted by Crippen LogP contribution is -2.30. The van der Waals surface area contributed by atoms with Crippen molar-refractivity contribution in [2.45, 2.75) is 25.8 Å². The predicted molar refractivity (Wildman–Crippen MR) is 124 cm³/mol. The largest absolute Gasteiger partial charge is 0.382 e. The fraction of sp³-hybridized carbons (Fsp3) is 0.238. The number of H-pyrrole nitrogens is 1. The van der Waals surface area contributed by atoms with Crippen LogP contribution in [0, 0.1) is 24.2 Å². The molecule has 4 aromatic rings. The van der Waals surface area contributed by atoms with Gasteiger partial charge in [0.2, 0.25) is 5.95 Å². The number of hydrogen-bond acceptors (Lipinski definition) is 9. The molecule has 1 aliphatic rings. The molecule has 3 heterocycles. The zero-order valence-corrected chi connectivity index (χ0v) is 18.3. The van der Waals surface area contributed by atoms with Crippen molar-refractivity contribution in [2.24, 2.45) is 5.92 Å². The summed E-state index contributed by atoms with van der Waals surface area (Å²) in [6.45, 7) is 1.84. The van der Waals surface area contributed by atoms with E-state index in [0.717, 1.165) is 18.4 Å². The molecule has 11 nitrogen and oxygen atoms in total. The zero-order chi connectivity index (χ0) is 23.3. The minimum Gasteiger partial charge on any atom is -0.382 e. The Morgan fingerprint density at radius 3 is 2.76 bits per heavy atom. The summed E-state index contributed by atoms with van der Waals surface area (Å²) in [5.74, 6) is 1.16. The molecular weight excluding hydrogens is 444 g/mol. The molecule has 0 bridgehead atoms. The monoisotopic (exact) mass is 462 g/mol. The second-order valence-corrected chi connectivity index (χ2v) is 8.32. The minimum absolute atomic E-state index is 0.0258. The van der Waals surface area contributed by atoms with E-state index in [1.807, 2.05) is 13.0 Å². The number of aryl methyl sites for hydroxylation is 1. The predicted octanol–water partition coefficient (Wildman–Crippen LogP) is 2.46. The van der Waals surface area contributed by atoms with Crippen molar-refractivity contribution >= 4 is 40.1 Å².